The van der Waals surface area contributed by atoms with Crippen LogP contribution in [0.1, 0.15) is 41.1 Å². The van der Waals surface area contributed by atoms with Crippen LogP contribution in [-0.4, -0.2) is 60.6 Å². The lowest BCUT2D eigenvalue weighted by molar-refractivity contribution is -0.140. The molecular weight excluding hydrogens is 410 g/mol. The van der Waals surface area contributed by atoms with Crippen LogP contribution in [0.4, 0.5) is 11.8 Å². The Morgan fingerprint density at radius 2 is 2.06 bits per heavy atom. The Bertz CT molecular complexity index is 1050. The molecule has 0 bridgehead atoms. The van der Waals surface area contributed by atoms with Gasteiger partial charge in [-0.1, -0.05) is 0 Å². The Morgan fingerprint density at radius 3 is 2.77 bits per heavy atom. The average molecular weight is 433 g/mol. The summed E-state index contributed by atoms with van der Waals surface area (Å²) in [5.74, 6) is -1.91. The summed E-state index contributed by atoms with van der Waals surface area (Å²) in [5.41, 5.74) is 5.90. The molecule has 3 heterocycles. The summed E-state index contributed by atoms with van der Waals surface area (Å²) < 4.78 is 0. The summed E-state index contributed by atoms with van der Waals surface area (Å²) in [6.07, 6.45) is 2.41. The highest BCUT2D eigenvalue weighted by Gasteiger charge is 2.24. The van der Waals surface area contributed by atoms with Crippen molar-refractivity contribution < 1.29 is 24.6 Å². The number of carbonyl (C=O) groups excluding carboxylic acids is 1. The Labute approximate surface area is 175 Å². The van der Waals surface area contributed by atoms with E-state index in [4.69, 9.17) is 15.9 Å². The summed E-state index contributed by atoms with van der Waals surface area (Å²) in [6, 6.07) is -1.32. The van der Waals surface area contributed by atoms with Gasteiger partial charge in [0.05, 0.1) is 11.8 Å². The molecule has 2 atom stereocenters. The maximum absolute atomic E-state index is 12.3. The number of carboxylic acids is 2. The Hall–Kier alpha value is -3.90. The number of nitrogen functional groups attached to an aromatic ring is 1. The number of aromatic amines is 2. The first-order chi connectivity index (χ1) is 14.7. The van der Waals surface area contributed by atoms with Crippen molar-refractivity contribution >= 4 is 29.6 Å². The third-order valence-electron chi connectivity index (χ3n) is 5.00. The SMILES string of the molecule is Nc1nc2c(c(=O)[nH]1)CC(CCc1ncc(C(=O)N[C@@H](CCC(=O)O)C(=O)O)[nH]1)CN2. The van der Waals surface area contributed by atoms with Crippen molar-refractivity contribution in [3.63, 3.8) is 0 Å². The quantitative estimate of drug-likeness (QED) is 0.265. The smallest absolute Gasteiger partial charge is 0.326 e. The fraction of sp³-hybridized carbons (Fsp3) is 0.444. The van der Waals surface area contributed by atoms with E-state index in [1.807, 2.05) is 0 Å². The van der Waals surface area contributed by atoms with Gasteiger partial charge in [0.25, 0.3) is 11.5 Å². The van der Waals surface area contributed by atoms with E-state index in [-0.39, 0.29) is 36.0 Å². The van der Waals surface area contributed by atoms with Crippen molar-refractivity contribution in [2.24, 2.45) is 5.92 Å². The summed E-state index contributed by atoms with van der Waals surface area (Å²) in [6.45, 7) is 0.612. The molecule has 166 valence electrons. The Balaban J connectivity index is 1.55. The van der Waals surface area contributed by atoms with E-state index < -0.39 is 23.9 Å². The number of nitrogens with one attached hydrogen (secondary N) is 4. The molecule has 8 N–H and O–H groups in total. The number of nitrogens with two attached hydrogens (primary N) is 1. The topological polar surface area (TPSA) is 216 Å². The number of carbonyl (C=O) groups is 3. The lowest BCUT2D eigenvalue weighted by Crippen LogP contribution is -2.41. The van der Waals surface area contributed by atoms with Crippen LogP contribution in [0.25, 0.3) is 0 Å². The van der Waals surface area contributed by atoms with Gasteiger partial charge in [0.2, 0.25) is 5.95 Å². The summed E-state index contributed by atoms with van der Waals surface area (Å²) >= 11 is 0. The second-order valence-electron chi connectivity index (χ2n) is 7.31. The number of carboxylic acid groups (broad SMARTS) is 2. The van der Waals surface area contributed by atoms with Crippen molar-refractivity contribution in [1.29, 1.82) is 0 Å². The highest BCUT2D eigenvalue weighted by Crippen LogP contribution is 2.23. The largest absolute Gasteiger partial charge is 0.481 e. The molecule has 31 heavy (non-hydrogen) atoms. The number of rotatable bonds is 9. The van der Waals surface area contributed by atoms with Gasteiger partial charge < -0.3 is 31.6 Å². The molecule has 13 nitrogen and oxygen atoms in total. The third-order valence-corrected chi connectivity index (χ3v) is 5.00. The molecule has 3 rings (SSSR count). The molecule has 1 aliphatic heterocycles. The van der Waals surface area contributed by atoms with Gasteiger partial charge in [-0.2, -0.15) is 4.98 Å². The van der Waals surface area contributed by atoms with E-state index in [0.29, 0.717) is 43.0 Å². The number of aryl methyl sites for hydroxylation is 1. The highest BCUT2D eigenvalue weighted by atomic mass is 16.4. The van der Waals surface area contributed by atoms with E-state index in [9.17, 15) is 19.2 Å². The minimum absolute atomic E-state index is 0.0594. The number of amides is 1. The predicted octanol–water partition coefficient (Wildman–Crippen LogP) is -0.660. The number of hydrogen-bond donors (Lipinski definition) is 7. The van der Waals surface area contributed by atoms with Gasteiger partial charge >= 0.3 is 11.9 Å². The molecular formula is C18H23N7O6. The van der Waals surface area contributed by atoms with E-state index in [1.54, 1.807) is 0 Å². The summed E-state index contributed by atoms with van der Waals surface area (Å²) in [4.78, 5) is 59.7. The molecule has 0 radical (unpaired) electrons. The molecule has 1 aliphatic rings. The fourth-order valence-corrected chi connectivity index (χ4v) is 3.36. The first kappa shape index (κ1) is 21.8. The van der Waals surface area contributed by atoms with Crippen molar-refractivity contribution in [2.45, 2.75) is 38.1 Å². The molecule has 0 spiro atoms. The van der Waals surface area contributed by atoms with Crippen LogP contribution in [0.3, 0.4) is 0 Å². The van der Waals surface area contributed by atoms with Crippen LogP contribution >= 0.6 is 0 Å². The number of aliphatic carboxylic acids is 2. The molecule has 2 aromatic heterocycles. The molecule has 0 aromatic carbocycles. The number of imidazole rings is 1. The van der Waals surface area contributed by atoms with Gasteiger partial charge in [0.15, 0.2) is 0 Å². The van der Waals surface area contributed by atoms with E-state index in [1.165, 1.54) is 6.20 Å². The maximum atomic E-state index is 12.3. The highest BCUT2D eigenvalue weighted by molar-refractivity contribution is 5.94. The molecule has 0 fully saturated rings. The molecule has 2 aromatic rings. The number of hydrogen-bond acceptors (Lipinski definition) is 8. The molecule has 0 saturated heterocycles. The number of nitrogens with zero attached hydrogens (tertiary/aromatic N) is 2. The van der Waals surface area contributed by atoms with Crippen molar-refractivity contribution in [2.75, 3.05) is 17.6 Å². The van der Waals surface area contributed by atoms with Crippen molar-refractivity contribution in [3.05, 3.63) is 33.6 Å². The second-order valence-corrected chi connectivity index (χ2v) is 7.31. The molecule has 1 unspecified atom stereocenters. The average Bonchev–Trinajstić information content (AvgIpc) is 3.18. The van der Waals surface area contributed by atoms with Crippen LogP contribution in [0, 0.1) is 5.92 Å². The van der Waals surface area contributed by atoms with Crippen molar-refractivity contribution in [1.82, 2.24) is 25.3 Å². The van der Waals surface area contributed by atoms with Gasteiger partial charge in [-0.25, -0.2) is 9.78 Å². The van der Waals surface area contributed by atoms with Crippen LogP contribution in [0.5, 0.6) is 0 Å². The molecule has 0 aliphatic carbocycles. The summed E-state index contributed by atoms with van der Waals surface area (Å²) in [5, 5.41) is 23.2. The van der Waals surface area contributed by atoms with Crippen LogP contribution in [0.15, 0.2) is 11.0 Å². The maximum Gasteiger partial charge on any atom is 0.326 e. The summed E-state index contributed by atoms with van der Waals surface area (Å²) in [7, 11) is 0. The number of fused-ring (bicyclic) bond motifs is 1. The zero-order valence-corrected chi connectivity index (χ0v) is 16.5. The van der Waals surface area contributed by atoms with Crippen LogP contribution in [-0.2, 0) is 22.4 Å². The second kappa shape index (κ2) is 9.28. The minimum Gasteiger partial charge on any atom is -0.481 e. The molecule has 13 heteroatoms. The lowest BCUT2D eigenvalue weighted by atomic mass is 9.92. The number of aromatic nitrogens is 4. The van der Waals surface area contributed by atoms with Gasteiger partial charge in [0.1, 0.15) is 23.4 Å². The number of H-pyrrole nitrogens is 2. The van der Waals surface area contributed by atoms with Gasteiger partial charge in [-0.15, -0.1) is 0 Å². The minimum atomic E-state index is -1.32. The lowest BCUT2D eigenvalue weighted by Gasteiger charge is -2.24. The third kappa shape index (κ3) is 5.58. The Morgan fingerprint density at radius 1 is 1.29 bits per heavy atom. The van der Waals surface area contributed by atoms with Crippen LogP contribution < -0.4 is 21.9 Å². The van der Waals surface area contributed by atoms with Gasteiger partial charge in [-0.3, -0.25) is 19.4 Å². The fourth-order valence-electron chi connectivity index (χ4n) is 3.36. The normalized spacial score (nSPS) is 16.1. The van der Waals surface area contributed by atoms with Gasteiger partial charge in [0, 0.05) is 19.4 Å². The van der Waals surface area contributed by atoms with Crippen molar-refractivity contribution in [3.8, 4) is 0 Å². The first-order valence-corrected chi connectivity index (χ1v) is 9.64. The molecule has 0 saturated carbocycles. The van der Waals surface area contributed by atoms with E-state index in [2.05, 4.69) is 30.6 Å². The standard InChI is InChI=1S/C18H23N7O6/c19-18-24-14-9(15(28)25-18)5-8(6-21-14)1-3-12-20-7-11(22-12)16(29)23-10(17(30)31)2-4-13(26)27/h7-8,10H,1-6H2,(H,20,22)(H,23,29)(H,26,27)(H,30,31)(H4,19,21,24,25,28)/t8?,10-/m0/s1. The zero-order chi connectivity index (χ0) is 22.5. The van der Waals surface area contributed by atoms with Crippen LogP contribution in [0.2, 0.25) is 0 Å². The zero-order valence-electron chi connectivity index (χ0n) is 16.5. The number of anilines is 2. The monoisotopic (exact) mass is 433 g/mol. The van der Waals surface area contributed by atoms with E-state index >= 15 is 0 Å². The Kier molecular flexibility index (Phi) is 6.52. The van der Waals surface area contributed by atoms with E-state index in [0.717, 1.165) is 0 Å². The predicted molar refractivity (Wildman–Crippen MR) is 108 cm³/mol. The molecule has 1 amide bonds. The van der Waals surface area contributed by atoms with Gasteiger partial charge in [-0.05, 0) is 25.2 Å². The first-order valence-electron chi connectivity index (χ1n) is 9.64.